The summed E-state index contributed by atoms with van der Waals surface area (Å²) in [6.45, 7) is 0. The van der Waals surface area contributed by atoms with Crippen molar-refractivity contribution in [2.45, 2.75) is 0 Å². The van der Waals surface area contributed by atoms with E-state index in [1.807, 2.05) is 0 Å². The van der Waals surface area contributed by atoms with Crippen molar-refractivity contribution in [3.63, 3.8) is 0 Å². The summed E-state index contributed by atoms with van der Waals surface area (Å²) in [6.07, 6.45) is 0. The first-order valence-electron chi connectivity index (χ1n) is 0.632. The summed E-state index contributed by atoms with van der Waals surface area (Å²) >= 11 is 0. The fraction of sp³-hybridized carbons (Fsp3) is 0. The fourth-order valence-electron chi connectivity index (χ4n) is 0. The van der Waals surface area contributed by atoms with Gasteiger partial charge in [0.15, 0.2) is 0 Å². The van der Waals surface area contributed by atoms with Gasteiger partial charge in [-0.05, 0) is 0 Å². The first kappa shape index (κ1) is 83.1. The molecule has 0 heterocycles. The van der Waals surface area contributed by atoms with Crippen LogP contribution in [0.25, 0.3) is 0 Å². The maximum atomic E-state index is 8.60. The third-order valence-corrected chi connectivity index (χ3v) is 0. The average molecular weight is 263 g/mol. The Bertz CT molecular complexity index is 25.3. The van der Waals surface area contributed by atoms with Crippen LogP contribution in [-0.4, -0.2) is 37.5 Å². The van der Waals surface area contributed by atoms with Crippen LogP contribution in [0.3, 0.4) is 0 Å². The number of hydrogen-bond acceptors (Lipinski definition) is 4. The predicted molar refractivity (Wildman–Crippen MR) is 23.9 cm³/mol. The van der Waals surface area contributed by atoms with Crippen LogP contribution in [0.5, 0.6) is 0 Å². The molecule has 0 unspecified atom stereocenters. The van der Waals surface area contributed by atoms with Crippen molar-refractivity contribution in [3.8, 4) is 0 Å². The number of hydrogen-bond donors (Lipinski definition) is 1. The number of halogens is 1. The molecule has 0 aromatic heterocycles. The van der Waals surface area contributed by atoms with Crippen molar-refractivity contribution >= 4 is 0 Å². The molecule has 0 aliphatic heterocycles. The van der Waals surface area contributed by atoms with Gasteiger partial charge >= 0.3 is 0 Å². The van der Waals surface area contributed by atoms with E-state index in [-0.39, 0.29) is 49.9 Å². The van der Waals surface area contributed by atoms with Gasteiger partial charge in [0, 0.05) is 17.1 Å². The van der Waals surface area contributed by atoms with Gasteiger partial charge in [-0.15, -0.1) is 0 Å². The molecule has 0 aromatic rings. The number of rotatable bonds is 0. The summed E-state index contributed by atoms with van der Waals surface area (Å²) in [6, 6.07) is 0. The Kier molecular flexibility index (Phi) is 208. The van der Waals surface area contributed by atoms with E-state index in [1.54, 1.807) is 0 Å². The molecule has 12 heavy (non-hydrogen) atoms. The zero-order chi connectivity index (χ0) is 4.50. The van der Waals surface area contributed by atoms with Crippen molar-refractivity contribution in [2.24, 2.45) is 0 Å². The van der Waals surface area contributed by atoms with Gasteiger partial charge in [0.25, 0.3) is 0 Å². The summed E-state index contributed by atoms with van der Waals surface area (Å²) in [4.78, 5) is 0. The van der Waals surface area contributed by atoms with Crippen molar-refractivity contribution in [2.75, 3.05) is 0 Å². The van der Waals surface area contributed by atoms with Crippen molar-refractivity contribution in [1.29, 1.82) is 0 Å². The van der Waals surface area contributed by atoms with Crippen LogP contribution in [0.4, 0.5) is 0 Å². The van der Waals surface area contributed by atoms with E-state index in [4.69, 9.17) is 18.6 Å². The summed E-state index contributed by atoms with van der Waals surface area (Å²) in [5, 5.41) is 0. The molecule has 0 atom stereocenters. The third-order valence-electron chi connectivity index (χ3n) is 0. The van der Waals surface area contributed by atoms with Gasteiger partial charge in [-0.25, -0.2) is 0 Å². The topological polar surface area (TPSA) is 278 Å². The molecule has 1 radical (unpaired) electrons. The van der Waals surface area contributed by atoms with E-state index >= 15 is 0 Å². The Morgan fingerprint density at radius 2 is 0.667 bits per heavy atom. The largest absolute Gasteiger partial charge is 0.412 e. The molecule has 0 fully saturated rings. The molecular weight excluding hydrogens is 250 g/mol. The molecule has 13 N–H and O–H groups in total. The van der Waals surface area contributed by atoms with Gasteiger partial charge in [0.2, 0.25) is 0 Å². The summed E-state index contributed by atoms with van der Waals surface area (Å²) in [7, 11) is -4.69. The predicted octanol–water partition coefficient (Wildman–Crippen LogP) is -9.07. The SMILES string of the molecule is O.O.O.O.O.O.[Mn].[O-][Cl+3]([O-])([O-])O. The van der Waals surface area contributed by atoms with E-state index < -0.39 is 10.2 Å². The molecule has 0 rings (SSSR count). The van der Waals surface area contributed by atoms with E-state index in [1.165, 1.54) is 0 Å². The molecule has 0 saturated heterocycles. The van der Waals surface area contributed by atoms with Crippen LogP contribution in [0.1, 0.15) is 0 Å². The molecule has 0 bridgehead atoms. The summed E-state index contributed by atoms with van der Waals surface area (Å²) in [5.74, 6) is 0. The molecule has 12 heteroatoms. The molecule has 0 spiro atoms. The minimum atomic E-state index is -4.69. The minimum Gasteiger partial charge on any atom is -0.412 e. The van der Waals surface area contributed by atoms with Crippen LogP contribution >= 0.6 is 0 Å². The maximum Gasteiger partial charge on any atom is 0.0777 e. The molecule has 0 amide bonds. The quantitative estimate of drug-likeness (QED) is 0.416. The first-order valence-corrected chi connectivity index (χ1v) is 1.90. The van der Waals surface area contributed by atoms with Crippen LogP contribution in [0.15, 0.2) is 0 Å². The Labute approximate surface area is 79.5 Å². The standard InChI is InChI=1S/ClHO4.Mn.6H2O/c2-1(3,4)5;;;;;;;/h(H,2,3,4,5);;6*1H2. The Balaban J connectivity index is -0.00000000381. The molecule has 0 saturated carbocycles. The Morgan fingerprint density at radius 3 is 0.667 bits per heavy atom. The average Bonchev–Trinajstić information content (AvgIpc) is 0.722. The smallest absolute Gasteiger partial charge is 0.0777 e. The molecule has 10 nitrogen and oxygen atoms in total. The van der Waals surface area contributed by atoms with Gasteiger partial charge in [-0.2, -0.15) is 14.0 Å². The van der Waals surface area contributed by atoms with Crippen molar-refractivity contribution in [1.82, 2.24) is 0 Å². The Morgan fingerprint density at radius 1 is 0.667 bits per heavy atom. The molecule has 0 aliphatic rings. The maximum absolute atomic E-state index is 8.60. The second-order valence-corrected chi connectivity index (χ2v) is 1.19. The second-order valence-electron chi connectivity index (χ2n) is 0.396. The minimum absolute atomic E-state index is 0. The first-order chi connectivity index (χ1) is 2.00. The Hall–Kier alpha value is 0.409. The van der Waals surface area contributed by atoms with Crippen molar-refractivity contribution in [3.05, 3.63) is 0 Å². The van der Waals surface area contributed by atoms with E-state index in [0.717, 1.165) is 0 Å². The van der Waals surface area contributed by atoms with E-state index in [0.29, 0.717) is 0 Å². The van der Waals surface area contributed by atoms with Gasteiger partial charge in [-0.1, -0.05) is 0 Å². The summed E-state index contributed by atoms with van der Waals surface area (Å²) < 4.78 is 32.7. The third kappa shape index (κ3) is 5500. The fourth-order valence-corrected chi connectivity index (χ4v) is 0. The van der Waals surface area contributed by atoms with Crippen LogP contribution < -0.4 is 14.0 Å². The molecular formula is H13ClMnO10. The van der Waals surface area contributed by atoms with Gasteiger partial charge in [0.1, 0.15) is 0 Å². The normalized spacial score (nSPS) is 5.00. The van der Waals surface area contributed by atoms with Gasteiger partial charge < -0.3 is 32.9 Å². The monoisotopic (exact) mass is 263 g/mol. The van der Waals surface area contributed by atoms with E-state index in [2.05, 4.69) is 0 Å². The molecule has 87 valence electrons. The van der Waals surface area contributed by atoms with Gasteiger partial charge in [-0.3, -0.25) is 0 Å². The zero-order valence-corrected chi connectivity index (χ0v) is 7.36. The molecule has 0 aromatic carbocycles. The van der Waals surface area contributed by atoms with Crippen LogP contribution in [0.2, 0.25) is 0 Å². The van der Waals surface area contributed by atoms with E-state index in [9.17, 15) is 0 Å². The van der Waals surface area contributed by atoms with Crippen LogP contribution in [0, 0.1) is 10.2 Å². The summed E-state index contributed by atoms with van der Waals surface area (Å²) in [5.41, 5.74) is 0. The molecule has 0 aliphatic carbocycles. The van der Waals surface area contributed by atoms with Crippen molar-refractivity contribution < 1.29 is 78.8 Å². The van der Waals surface area contributed by atoms with Gasteiger partial charge in [0.05, 0.1) is 14.9 Å². The zero-order valence-electron chi connectivity index (χ0n) is 5.43. The van der Waals surface area contributed by atoms with Crippen LogP contribution in [-0.2, 0) is 17.1 Å². The second kappa shape index (κ2) is 30.1.